The third kappa shape index (κ3) is 6.06. The molecule has 1 saturated carbocycles. The van der Waals surface area contributed by atoms with Gasteiger partial charge < -0.3 is 0 Å². The largest absolute Gasteiger partial charge is 0.193 e. The molecule has 1 aromatic carbocycles. The van der Waals surface area contributed by atoms with Crippen molar-refractivity contribution >= 4 is 0 Å². The predicted octanol–water partition coefficient (Wildman–Crippen LogP) is 6.33. The SMILES string of the molecule is CCCCCc1ccc(C2CCC(/C=C/C=C/C#N)CC2)cc1. The lowest BCUT2D eigenvalue weighted by Gasteiger charge is -2.27. The molecule has 0 unspecified atom stereocenters. The average Bonchev–Trinajstić information content (AvgIpc) is 2.60. The summed E-state index contributed by atoms with van der Waals surface area (Å²) in [5, 5.41) is 8.47. The monoisotopic (exact) mass is 307 g/mol. The van der Waals surface area contributed by atoms with Gasteiger partial charge in [0.1, 0.15) is 0 Å². The van der Waals surface area contributed by atoms with E-state index < -0.39 is 0 Å². The molecule has 1 fully saturated rings. The Morgan fingerprint density at radius 1 is 1.04 bits per heavy atom. The minimum absolute atomic E-state index is 0.683. The van der Waals surface area contributed by atoms with Gasteiger partial charge in [-0.1, -0.05) is 62.3 Å². The standard InChI is InChI=1S/C22H29N/c1-2-3-5-8-19-10-14-21(15-11-19)22-16-12-20(13-17-22)9-6-4-7-18-23/h4,6-7,9-11,14-15,20,22H,2-3,5,8,12-13,16-17H2,1H3/b7-4+,9-6+. The van der Waals surface area contributed by atoms with Crippen LogP contribution in [0, 0.1) is 17.2 Å². The number of nitrogens with zero attached hydrogens (tertiary/aromatic N) is 1. The molecule has 0 bridgehead atoms. The minimum atomic E-state index is 0.683. The number of rotatable bonds is 7. The average molecular weight is 307 g/mol. The van der Waals surface area contributed by atoms with Crippen LogP contribution in [-0.2, 0) is 6.42 Å². The first kappa shape index (κ1) is 17.5. The summed E-state index contributed by atoms with van der Waals surface area (Å²) in [6.07, 6.45) is 17.9. The highest BCUT2D eigenvalue weighted by Gasteiger charge is 2.20. The Balaban J connectivity index is 1.79. The van der Waals surface area contributed by atoms with Crippen molar-refractivity contribution in [2.75, 3.05) is 0 Å². The number of aryl methyl sites for hydroxylation is 1. The van der Waals surface area contributed by atoms with Gasteiger partial charge in [0, 0.05) is 6.08 Å². The molecule has 1 aliphatic carbocycles. The van der Waals surface area contributed by atoms with Crippen molar-refractivity contribution in [3.8, 4) is 6.07 Å². The van der Waals surface area contributed by atoms with Crippen molar-refractivity contribution in [2.24, 2.45) is 5.92 Å². The van der Waals surface area contributed by atoms with E-state index in [4.69, 9.17) is 5.26 Å². The normalized spacial score (nSPS) is 21.7. The van der Waals surface area contributed by atoms with Gasteiger partial charge in [-0.3, -0.25) is 0 Å². The maximum Gasteiger partial charge on any atom is 0.0912 e. The summed E-state index contributed by atoms with van der Waals surface area (Å²) < 4.78 is 0. The zero-order valence-electron chi connectivity index (χ0n) is 14.4. The number of hydrogen-bond acceptors (Lipinski definition) is 1. The quantitative estimate of drug-likeness (QED) is 0.328. The molecule has 0 aromatic heterocycles. The van der Waals surface area contributed by atoms with Crippen molar-refractivity contribution in [1.29, 1.82) is 5.26 Å². The van der Waals surface area contributed by atoms with Gasteiger partial charge in [-0.2, -0.15) is 5.26 Å². The molecular formula is C22H29N. The molecule has 0 amide bonds. The topological polar surface area (TPSA) is 23.8 Å². The van der Waals surface area contributed by atoms with E-state index in [9.17, 15) is 0 Å². The van der Waals surface area contributed by atoms with E-state index in [1.165, 1.54) is 68.6 Å². The van der Waals surface area contributed by atoms with Gasteiger partial charge in [0.05, 0.1) is 6.07 Å². The number of unbranched alkanes of at least 4 members (excludes halogenated alkanes) is 2. The Kier molecular flexibility index (Phi) is 7.67. The van der Waals surface area contributed by atoms with Gasteiger partial charge in [-0.25, -0.2) is 0 Å². The Labute approximate surface area is 141 Å². The molecule has 0 atom stereocenters. The maximum absolute atomic E-state index is 8.47. The van der Waals surface area contributed by atoms with Gasteiger partial charge >= 0.3 is 0 Å². The lowest BCUT2D eigenvalue weighted by atomic mass is 9.78. The Bertz CT molecular complexity index is 536. The van der Waals surface area contributed by atoms with E-state index in [2.05, 4.69) is 37.3 Å². The van der Waals surface area contributed by atoms with Crippen LogP contribution in [0.3, 0.4) is 0 Å². The van der Waals surface area contributed by atoms with Crippen LogP contribution in [0.4, 0.5) is 0 Å². The van der Waals surface area contributed by atoms with Gasteiger partial charge in [-0.15, -0.1) is 0 Å². The first-order valence-electron chi connectivity index (χ1n) is 9.15. The molecule has 1 nitrogen and oxygen atoms in total. The van der Waals surface area contributed by atoms with Crippen LogP contribution in [0.2, 0.25) is 0 Å². The van der Waals surface area contributed by atoms with Crippen molar-refractivity contribution in [2.45, 2.75) is 64.2 Å². The van der Waals surface area contributed by atoms with E-state index in [0.29, 0.717) is 5.92 Å². The number of hydrogen-bond donors (Lipinski definition) is 0. The third-order valence-corrected chi connectivity index (χ3v) is 4.96. The van der Waals surface area contributed by atoms with E-state index in [0.717, 1.165) is 5.92 Å². The first-order chi connectivity index (χ1) is 11.3. The highest BCUT2D eigenvalue weighted by molar-refractivity contribution is 5.26. The van der Waals surface area contributed by atoms with Crippen LogP contribution < -0.4 is 0 Å². The molecule has 2 rings (SSSR count). The number of allylic oxidation sites excluding steroid dienone is 4. The minimum Gasteiger partial charge on any atom is -0.193 e. The molecule has 122 valence electrons. The fraction of sp³-hybridized carbons (Fsp3) is 0.500. The van der Waals surface area contributed by atoms with Crippen LogP contribution >= 0.6 is 0 Å². The number of benzene rings is 1. The van der Waals surface area contributed by atoms with Crippen molar-refractivity contribution in [1.82, 2.24) is 0 Å². The zero-order chi connectivity index (χ0) is 16.3. The fourth-order valence-corrected chi connectivity index (χ4v) is 3.50. The highest BCUT2D eigenvalue weighted by Crippen LogP contribution is 2.36. The Morgan fingerprint density at radius 3 is 2.43 bits per heavy atom. The summed E-state index contributed by atoms with van der Waals surface area (Å²) in [6.45, 7) is 2.26. The summed E-state index contributed by atoms with van der Waals surface area (Å²) in [5.74, 6) is 1.42. The van der Waals surface area contributed by atoms with Crippen LogP contribution in [0.15, 0.2) is 48.6 Å². The fourth-order valence-electron chi connectivity index (χ4n) is 3.50. The second kappa shape index (κ2) is 10.1. The highest BCUT2D eigenvalue weighted by atomic mass is 14.3. The number of nitriles is 1. The maximum atomic E-state index is 8.47. The molecule has 1 heteroatoms. The smallest absolute Gasteiger partial charge is 0.0912 e. The second-order valence-corrected chi connectivity index (χ2v) is 6.68. The van der Waals surface area contributed by atoms with E-state index >= 15 is 0 Å². The molecular weight excluding hydrogens is 278 g/mol. The second-order valence-electron chi connectivity index (χ2n) is 6.68. The van der Waals surface area contributed by atoms with Crippen LogP contribution in [0.25, 0.3) is 0 Å². The molecule has 0 spiro atoms. The lowest BCUT2D eigenvalue weighted by molar-refractivity contribution is 0.376. The Morgan fingerprint density at radius 2 is 1.78 bits per heavy atom. The lowest BCUT2D eigenvalue weighted by Crippen LogP contribution is -2.11. The summed E-state index contributed by atoms with van der Waals surface area (Å²) in [7, 11) is 0. The third-order valence-electron chi connectivity index (χ3n) is 4.96. The van der Waals surface area contributed by atoms with Crippen molar-refractivity contribution < 1.29 is 0 Å². The van der Waals surface area contributed by atoms with Gasteiger partial charge in [0.25, 0.3) is 0 Å². The summed E-state index contributed by atoms with van der Waals surface area (Å²) >= 11 is 0. The van der Waals surface area contributed by atoms with E-state index in [1.807, 2.05) is 18.2 Å². The van der Waals surface area contributed by atoms with Crippen molar-refractivity contribution in [3.63, 3.8) is 0 Å². The van der Waals surface area contributed by atoms with Gasteiger partial charge in [-0.05, 0) is 61.5 Å². The zero-order valence-corrected chi connectivity index (χ0v) is 14.4. The Hall–Kier alpha value is -1.81. The van der Waals surface area contributed by atoms with Crippen LogP contribution in [0.1, 0.15) is 68.9 Å². The molecule has 1 aromatic rings. The summed E-state index contributed by atoms with van der Waals surface area (Å²) in [6, 6.07) is 11.4. The molecule has 23 heavy (non-hydrogen) atoms. The van der Waals surface area contributed by atoms with Gasteiger partial charge in [0.15, 0.2) is 0 Å². The molecule has 0 aliphatic heterocycles. The van der Waals surface area contributed by atoms with Crippen LogP contribution in [0.5, 0.6) is 0 Å². The summed E-state index contributed by atoms with van der Waals surface area (Å²) in [4.78, 5) is 0. The van der Waals surface area contributed by atoms with E-state index in [-0.39, 0.29) is 0 Å². The van der Waals surface area contributed by atoms with Crippen LogP contribution in [-0.4, -0.2) is 0 Å². The summed E-state index contributed by atoms with van der Waals surface area (Å²) in [5.41, 5.74) is 3.01. The molecule has 0 N–H and O–H groups in total. The van der Waals surface area contributed by atoms with E-state index in [1.54, 1.807) is 0 Å². The molecule has 0 heterocycles. The molecule has 1 aliphatic rings. The predicted molar refractivity (Wildman–Crippen MR) is 98.3 cm³/mol. The van der Waals surface area contributed by atoms with Crippen molar-refractivity contribution in [3.05, 3.63) is 59.7 Å². The van der Waals surface area contributed by atoms with Gasteiger partial charge in [0.2, 0.25) is 0 Å². The molecule has 0 saturated heterocycles. The first-order valence-corrected chi connectivity index (χ1v) is 9.15. The molecule has 0 radical (unpaired) electrons.